The first-order chi connectivity index (χ1) is 14.0. The van der Waals surface area contributed by atoms with E-state index in [1.165, 1.54) is 12.4 Å². The first-order valence-corrected chi connectivity index (χ1v) is 9.64. The Kier molecular flexibility index (Phi) is 6.39. The van der Waals surface area contributed by atoms with Gasteiger partial charge in [0, 0.05) is 31.2 Å². The Morgan fingerprint density at radius 2 is 1.59 bits per heavy atom. The van der Waals surface area contributed by atoms with E-state index in [2.05, 4.69) is 10.3 Å². The highest BCUT2D eigenvalue weighted by atomic mass is 16.2. The summed E-state index contributed by atoms with van der Waals surface area (Å²) in [6, 6.07) is 17.3. The SMILES string of the molecule is CCN(Cc1ccccc1)C(=O)c1cncc(C(=O)Nc2cc(C)cc(C)c2)c1. The topological polar surface area (TPSA) is 62.3 Å². The maximum Gasteiger partial charge on any atom is 0.257 e. The fourth-order valence-electron chi connectivity index (χ4n) is 3.24. The summed E-state index contributed by atoms with van der Waals surface area (Å²) >= 11 is 0. The van der Waals surface area contributed by atoms with Crippen molar-refractivity contribution in [3.8, 4) is 0 Å². The Hall–Kier alpha value is -3.47. The zero-order valence-corrected chi connectivity index (χ0v) is 17.0. The molecule has 3 aromatic rings. The molecule has 0 bridgehead atoms. The van der Waals surface area contributed by atoms with Crippen molar-refractivity contribution in [2.45, 2.75) is 27.3 Å². The van der Waals surface area contributed by atoms with Gasteiger partial charge in [-0.15, -0.1) is 0 Å². The fourth-order valence-corrected chi connectivity index (χ4v) is 3.24. The quantitative estimate of drug-likeness (QED) is 0.672. The van der Waals surface area contributed by atoms with E-state index in [1.807, 2.05) is 69.3 Å². The smallest absolute Gasteiger partial charge is 0.257 e. The molecule has 2 amide bonds. The van der Waals surface area contributed by atoms with Crippen molar-refractivity contribution < 1.29 is 9.59 Å². The van der Waals surface area contributed by atoms with Crippen molar-refractivity contribution >= 4 is 17.5 Å². The molecule has 0 radical (unpaired) electrons. The van der Waals surface area contributed by atoms with Gasteiger partial charge < -0.3 is 10.2 Å². The standard InChI is InChI=1S/C24H25N3O2/c1-4-27(16-19-8-6-5-7-9-19)24(29)21-13-20(14-25-15-21)23(28)26-22-11-17(2)10-18(3)12-22/h5-15H,4,16H2,1-3H3,(H,26,28). The van der Waals surface area contributed by atoms with E-state index in [9.17, 15) is 9.59 Å². The normalized spacial score (nSPS) is 10.4. The van der Waals surface area contributed by atoms with Gasteiger partial charge in [-0.2, -0.15) is 0 Å². The van der Waals surface area contributed by atoms with E-state index in [4.69, 9.17) is 0 Å². The number of aromatic nitrogens is 1. The molecule has 148 valence electrons. The average molecular weight is 387 g/mol. The minimum absolute atomic E-state index is 0.148. The third-order valence-electron chi connectivity index (χ3n) is 4.61. The van der Waals surface area contributed by atoms with Crippen LogP contribution in [0.3, 0.4) is 0 Å². The lowest BCUT2D eigenvalue weighted by molar-refractivity contribution is 0.0752. The largest absolute Gasteiger partial charge is 0.335 e. The summed E-state index contributed by atoms with van der Waals surface area (Å²) in [5.74, 6) is -0.437. The number of anilines is 1. The highest BCUT2D eigenvalue weighted by Gasteiger charge is 2.17. The number of carbonyl (C=O) groups excluding carboxylic acids is 2. The van der Waals surface area contributed by atoms with Crippen molar-refractivity contribution in [1.82, 2.24) is 9.88 Å². The summed E-state index contributed by atoms with van der Waals surface area (Å²) in [4.78, 5) is 31.5. The van der Waals surface area contributed by atoms with Gasteiger partial charge in [0.05, 0.1) is 11.1 Å². The van der Waals surface area contributed by atoms with Crippen molar-refractivity contribution in [1.29, 1.82) is 0 Å². The highest BCUT2D eigenvalue weighted by molar-refractivity contribution is 6.05. The van der Waals surface area contributed by atoms with Gasteiger partial charge in [0.25, 0.3) is 11.8 Å². The average Bonchev–Trinajstić information content (AvgIpc) is 2.71. The zero-order valence-electron chi connectivity index (χ0n) is 17.0. The third kappa shape index (κ3) is 5.29. The van der Waals surface area contributed by atoms with E-state index < -0.39 is 0 Å². The van der Waals surface area contributed by atoms with Crippen LogP contribution in [0.2, 0.25) is 0 Å². The molecule has 0 aliphatic carbocycles. The Morgan fingerprint density at radius 3 is 2.24 bits per heavy atom. The van der Waals surface area contributed by atoms with Crippen molar-refractivity contribution in [3.05, 3.63) is 94.8 Å². The van der Waals surface area contributed by atoms with Gasteiger partial charge >= 0.3 is 0 Å². The first kappa shape index (κ1) is 20.3. The molecule has 0 fully saturated rings. The van der Waals surface area contributed by atoms with Crippen LogP contribution in [-0.4, -0.2) is 28.2 Å². The van der Waals surface area contributed by atoms with Crippen LogP contribution in [0.5, 0.6) is 0 Å². The van der Waals surface area contributed by atoms with E-state index in [1.54, 1.807) is 11.0 Å². The number of hydrogen-bond donors (Lipinski definition) is 1. The Labute approximate surface area is 171 Å². The Bertz CT molecular complexity index is 995. The van der Waals surface area contributed by atoms with Gasteiger partial charge in [0.2, 0.25) is 0 Å². The van der Waals surface area contributed by atoms with Crippen LogP contribution < -0.4 is 5.32 Å². The molecule has 0 aliphatic heterocycles. The molecule has 0 aliphatic rings. The molecule has 0 unspecified atom stereocenters. The van der Waals surface area contributed by atoms with E-state index in [0.717, 1.165) is 22.4 Å². The van der Waals surface area contributed by atoms with Gasteiger partial charge in [-0.25, -0.2) is 0 Å². The van der Waals surface area contributed by atoms with Crippen molar-refractivity contribution in [2.24, 2.45) is 0 Å². The first-order valence-electron chi connectivity index (χ1n) is 9.64. The highest BCUT2D eigenvalue weighted by Crippen LogP contribution is 2.16. The molecule has 1 aromatic heterocycles. The number of amides is 2. The molecule has 5 heteroatoms. The number of rotatable bonds is 6. The number of nitrogens with zero attached hydrogens (tertiary/aromatic N) is 2. The lowest BCUT2D eigenvalue weighted by Gasteiger charge is -2.21. The van der Waals surface area contributed by atoms with E-state index in [0.29, 0.717) is 24.2 Å². The Morgan fingerprint density at radius 1 is 0.931 bits per heavy atom. The minimum Gasteiger partial charge on any atom is -0.335 e. The monoisotopic (exact) mass is 387 g/mol. The molecule has 0 atom stereocenters. The van der Waals surface area contributed by atoms with Gasteiger partial charge in [-0.3, -0.25) is 14.6 Å². The summed E-state index contributed by atoms with van der Waals surface area (Å²) < 4.78 is 0. The maximum atomic E-state index is 13.0. The summed E-state index contributed by atoms with van der Waals surface area (Å²) in [5.41, 5.74) is 4.67. The second-order valence-electron chi connectivity index (χ2n) is 7.10. The van der Waals surface area contributed by atoms with Crippen LogP contribution >= 0.6 is 0 Å². The second-order valence-corrected chi connectivity index (χ2v) is 7.10. The van der Waals surface area contributed by atoms with Crippen LogP contribution in [0, 0.1) is 13.8 Å². The lowest BCUT2D eigenvalue weighted by Crippen LogP contribution is -2.30. The predicted octanol–water partition coefficient (Wildman–Crippen LogP) is 4.61. The predicted molar refractivity (Wildman–Crippen MR) is 115 cm³/mol. The van der Waals surface area contributed by atoms with Crippen molar-refractivity contribution in [3.63, 3.8) is 0 Å². The molecular formula is C24H25N3O2. The van der Waals surface area contributed by atoms with Crippen molar-refractivity contribution in [2.75, 3.05) is 11.9 Å². The molecule has 2 aromatic carbocycles. The molecule has 1 N–H and O–H groups in total. The molecule has 1 heterocycles. The lowest BCUT2D eigenvalue weighted by atomic mass is 10.1. The molecule has 0 saturated carbocycles. The number of benzene rings is 2. The number of nitrogens with one attached hydrogen (secondary N) is 1. The molecule has 0 spiro atoms. The fraction of sp³-hybridized carbons (Fsp3) is 0.208. The molecule has 3 rings (SSSR count). The number of aryl methyl sites for hydroxylation is 2. The van der Waals surface area contributed by atoms with Crippen LogP contribution in [0.4, 0.5) is 5.69 Å². The third-order valence-corrected chi connectivity index (χ3v) is 4.61. The molecule has 5 nitrogen and oxygen atoms in total. The second kappa shape index (κ2) is 9.15. The van der Waals surface area contributed by atoms with Crippen LogP contribution in [0.25, 0.3) is 0 Å². The number of hydrogen-bond acceptors (Lipinski definition) is 3. The molecular weight excluding hydrogens is 362 g/mol. The Balaban J connectivity index is 1.76. The van der Waals surface area contributed by atoms with Gasteiger partial charge in [-0.05, 0) is 55.7 Å². The number of pyridine rings is 1. The maximum absolute atomic E-state index is 13.0. The van der Waals surface area contributed by atoms with E-state index >= 15 is 0 Å². The zero-order chi connectivity index (χ0) is 20.8. The van der Waals surface area contributed by atoms with Crippen LogP contribution in [0.1, 0.15) is 44.3 Å². The van der Waals surface area contributed by atoms with Gasteiger partial charge in [0.15, 0.2) is 0 Å². The summed E-state index contributed by atoms with van der Waals surface area (Å²) in [6.07, 6.45) is 2.98. The van der Waals surface area contributed by atoms with Crippen LogP contribution in [0.15, 0.2) is 67.0 Å². The minimum atomic E-state index is -0.289. The van der Waals surface area contributed by atoms with Crippen LogP contribution in [-0.2, 0) is 6.54 Å². The molecule has 29 heavy (non-hydrogen) atoms. The van der Waals surface area contributed by atoms with Gasteiger partial charge in [0.1, 0.15) is 0 Å². The number of carbonyl (C=O) groups is 2. The summed E-state index contributed by atoms with van der Waals surface area (Å²) in [5, 5.41) is 2.89. The summed E-state index contributed by atoms with van der Waals surface area (Å²) in [7, 11) is 0. The van der Waals surface area contributed by atoms with Gasteiger partial charge in [-0.1, -0.05) is 36.4 Å². The van der Waals surface area contributed by atoms with E-state index in [-0.39, 0.29) is 11.8 Å². The molecule has 0 saturated heterocycles. The summed E-state index contributed by atoms with van der Waals surface area (Å²) in [6.45, 7) is 6.97.